The van der Waals surface area contributed by atoms with E-state index in [0.717, 1.165) is 6.26 Å². The Labute approximate surface area is 116 Å². The highest BCUT2D eigenvalue weighted by Crippen LogP contribution is 2.22. The molecule has 1 amide bonds. The number of amides is 1. The van der Waals surface area contributed by atoms with Gasteiger partial charge in [-0.25, -0.2) is 8.42 Å². The minimum atomic E-state index is -3.20. The van der Waals surface area contributed by atoms with Gasteiger partial charge in [0.1, 0.15) is 15.4 Å². The van der Waals surface area contributed by atoms with Crippen molar-refractivity contribution in [1.82, 2.24) is 5.32 Å². The number of hydrogen-bond donors (Lipinski definition) is 2. The number of nitrogens with one attached hydrogen (secondary N) is 2. The highest BCUT2D eigenvalue weighted by Gasteiger charge is 2.20. The van der Waals surface area contributed by atoms with Crippen LogP contribution in [0.5, 0.6) is 0 Å². The molecule has 1 aromatic carbocycles. The molecule has 0 aliphatic rings. The van der Waals surface area contributed by atoms with Crippen molar-refractivity contribution < 1.29 is 18.1 Å². The third kappa shape index (κ3) is 4.50. The van der Waals surface area contributed by atoms with Crippen LogP contribution in [0.1, 0.15) is 10.4 Å². The molecule has 0 unspecified atom stereocenters. The average Bonchev–Trinajstić information content (AvgIpc) is 2.36. The van der Waals surface area contributed by atoms with E-state index in [0.29, 0.717) is 5.69 Å². The maximum absolute atomic E-state index is 11.9. The van der Waals surface area contributed by atoms with Gasteiger partial charge in [0.25, 0.3) is 11.6 Å². The van der Waals surface area contributed by atoms with Crippen LogP contribution in [0.2, 0.25) is 0 Å². The number of nitrogens with zero attached hydrogens (tertiary/aromatic N) is 1. The number of benzene rings is 1. The Morgan fingerprint density at radius 2 is 2.05 bits per heavy atom. The summed E-state index contributed by atoms with van der Waals surface area (Å²) in [6, 6.07) is 4.04. The van der Waals surface area contributed by atoms with Crippen molar-refractivity contribution in [1.29, 1.82) is 0 Å². The summed E-state index contributed by atoms with van der Waals surface area (Å²) < 4.78 is 21.9. The molecule has 0 heterocycles. The second-order valence-electron chi connectivity index (χ2n) is 4.12. The zero-order valence-electron chi connectivity index (χ0n) is 11.0. The van der Waals surface area contributed by atoms with Crippen molar-refractivity contribution in [2.45, 2.75) is 0 Å². The van der Waals surface area contributed by atoms with Crippen molar-refractivity contribution in [3.05, 3.63) is 33.9 Å². The first-order valence-corrected chi connectivity index (χ1v) is 7.73. The molecule has 9 heteroatoms. The number of sulfone groups is 1. The van der Waals surface area contributed by atoms with Crippen LogP contribution in [-0.4, -0.2) is 44.8 Å². The average molecular weight is 301 g/mol. The Bertz CT molecular complexity index is 627. The summed E-state index contributed by atoms with van der Waals surface area (Å²) in [4.78, 5) is 22.1. The zero-order chi connectivity index (χ0) is 15.3. The fourth-order valence-corrected chi connectivity index (χ4v) is 1.95. The molecule has 2 N–H and O–H groups in total. The van der Waals surface area contributed by atoms with Gasteiger partial charge in [0, 0.05) is 31.6 Å². The van der Waals surface area contributed by atoms with Crippen molar-refractivity contribution >= 4 is 27.1 Å². The van der Waals surface area contributed by atoms with Crippen LogP contribution >= 0.6 is 0 Å². The van der Waals surface area contributed by atoms with Crippen molar-refractivity contribution in [3.63, 3.8) is 0 Å². The van der Waals surface area contributed by atoms with Gasteiger partial charge in [-0.15, -0.1) is 0 Å². The van der Waals surface area contributed by atoms with Gasteiger partial charge in [-0.3, -0.25) is 14.9 Å². The number of carbonyl (C=O) groups excluding carboxylic acids is 1. The molecule has 1 rings (SSSR count). The lowest BCUT2D eigenvalue weighted by Crippen LogP contribution is -2.29. The van der Waals surface area contributed by atoms with E-state index < -0.39 is 20.7 Å². The topological polar surface area (TPSA) is 118 Å². The number of rotatable bonds is 6. The summed E-state index contributed by atoms with van der Waals surface area (Å²) >= 11 is 0. The Hall–Kier alpha value is -2.16. The lowest BCUT2D eigenvalue weighted by Gasteiger charge is -2.07. The van der Waals surface area contributed by atoms with Gasteiger partial charge in [0.15, 0.2) is 0 Å². The standard InChI is InChI=1S/C11H15N3O5S/c1-12-8-3-4-10(14(16)17)9(7-8)11(15)13-5-6-20(2,18)19/h3-4,7,12H,5-6H2,1-2H3,(H,13,15). The molecule has 0 spiro atoms. The molecule has 20 heavy (non-hydrogen) atoms. The number of nitro benzene ring substituents is 1. The lowest BCUT2D eigenvalue weighted by atomic mass is 10.1. The van der Waals surface area contributed by atoms with Crippen LogP contribution in [0.25, 0.3) is 0 Å². The van der Waals surface area contributed by atoms with Crippen LogP contribution in [-0.2, 0) is 9.84 Å². The predicted molar refractivity (Wildman–Crippen MR) is 74.7 cm³/mol. The van der Waals surface area contributed by atoms with Crippen LogP contribution in [0.15, 0.2) is 18.2 Å². The molecular weight excluding hydrogens is 286 g/mol. The van der Waals surface area contributed by atoms with E-state index >= 15 is 0 Å². The Kier molecular flexibility index (Phi) is 5.03. The molecule has 0 aromatic heterocycles. The second kappa shape index (κ2) is 6.33. The first-order chi connectivity index (χ1) is 9.24. The summed E-state index contributed by atoms with van der Waals surface area (Å²) in [5, 5.41) is 16.0. The molecule has 0 aliphatic heterocycles. The summed E-state index contributed by atoms with van der Waals surface area (Å²) in [5.74, 6) is -0.907. The Balaban J connectivity index is 2.93. The third-order valence-electron chi connectivity index (χ3n) is 2.48. The summed E-state index contributed by atoms with van der Waals surface area (Å²) in [7, 11) is -1.58. The third-order valence-corrected chi connectivity index (χ3v) is 3.43. The van der Waals surface area contributed by atoms with Gasteiger partial charge >= 0.3 is 0 Å². The molecule has 110 valence electrons. The molecule has 1 aromatic rings. The second-order valence-corrected chi connectivity index (χ2v) is 6.38. The number of nitro groups is 1. The fourth-order valence-electron chi connectivity index (χ4n) is 1.48. The van der Waals surface area contributed by atoms with Crippen molar-refractivity contribution in [2.24, 2.45) is 0 Å². The van der Waals surface area contributed by atoms with E-state index in [1.807, 2.05) is 0 Å². The highest BCUT2D eigenvalue weighted by molar-refractivity contribution is 7.90. The molecule has 0 aliphatic carbocycles. The van der Waals surface area contributed by atoms with E-state index in [1.165, 1.54) is 18.2 Å². The normalized spacial score (nSPS) is 10.9. The summed E-state index contributed by atoms with van der Waals surface area (Å²) in [6.07, 6.45) is 1.04. The largest absolute Gasteiger partial charge is 0.388 e. The van der Waals surface area contributed by atoms with Gasteiger partial charge in [-0.2, -0.15) is 0 Å². The molecule has 0 saturated carbocycles. The van der Waals surface area contributed by atoms with E-state index in [4.69, 9.17) is 0 Å². The molecule has 0 radical (unpaired) electrons. The maximum Gasteiger partial charge on any atom is 0.282 e. The molecule has 0 atom stereocenters. The fraction of sp³-hybridized carbons (Fsp3) is 0.364. The smallest absolute Gasteiger partial charge is 0.282 e. The summed E-state index contributed by atoms with van der Waals surface area (Å²) in [6.45, 7) is -0.0986. The zero-order valence-corrected chi connectivity index (χ0v) is 11.9. The highest BCUT2D eigenvalue weighted by atomic mass is 32.2. The molecule has 0 fully saturated rings. The number of hydrogen-bond acceptors (Lipinski definition) is 6. The minimum Gasteiger partial charge on any atom is -0.388 e. The van der Waals surface area contributed by atoms with Crippen LogP contribution in [0.4, 0.5) is 11.4 Å². The van der Waals surface area contributed by atoms with Gasteiger partial charge < -0.3 is 10.6 Å². The van der Waals surface area contributed by atoms with Crippen LogP contribution in [0.3, 0.4) is 0 Å². The van der Waals surface area contributed by atoms with Gasteiger partial charge in [-0.1, -0.05) is 0 Å². The van der Waals surface area contributed by atoms with E-state index in [1.54, 1.807) is 7.05 Å². The SMILES string of the molecule is CNc1ccc([N+](=O)[O-])c(C(=O)NCCS(C)(=O)=O)c1. The van der Waals surface area contributed by atoms with Crippen LogP contribution in [0, 0.1) is 10.1 Å². The number of anilines is 1. The Morgan fingerprint density at radius 1 is 1.40 bits per heavy atom. The van der Waals surface area contributed by atoms with E-state index in [9.17, 15) is 23.3 Å². The first kappa shape index (κ1) is 15.9. The van der Waals surface area contributed by atoms with Gasteiger partial charge in [0.2, 0.25) is 0 Å². The van der Waals surface area contributed by atoms with Crippen molar-refractivity contribution in [2.75, 3.05) is 30.9 Å². The maximum atomic E-state index is 11.9. The molecular formula is C11H15N3O5S. The van der Waals surface area contributed by atoms with Gasteiger partial charge in [0.05, 0.1) is 10.7 Å². The monoisotopic (exact) mass is 301 g/mol. The quantitative estimate of drug-likeness (QED) is 0.580. The summed E-state index contributed by atoms with van der Waals surface area (Å²) in [5.41, 5.74) is 0.0973. The predicted octanol–water partition coefficient (Wildman–Crippen LogP) is 0.411. The molecule has 0 bridgehead atoms. The van der Waals surface area contributed by atoms with Crippen molar-refractivity contribution in [3.8, 4) is 0 Å². The lowest BCUT2D eigenvalue weighted by molar-refractivity contribution is -0.385. The first-order valence-electron chi connectivity index (χ1n) is 5.66. The van der Waals surface area contributed by atoms with Crippen LogP contribution < -0.4 is 10.6 Å². The van der Waals surface area contributed by atoms with E-state index in [-0.39, 0.29) is 23.5 Å². The van der Waals surface area contributed by atoms with E-state index in [2.05, 4.69) is 10.6 Å². The number of carbonyl (C=O) groups is 1. The molecule has 8 nitrogen and oxygen atoms in total. The minimum absolute atomic E-state index is 0.0986. The Morgan fingerprint density at radius 3 is 2.55 bits per heavy atom. The van der Waals surface area contributed by atoms with Gasteiger partial charge in [-0.05, 0) is 12.1 Å². The molecule has 0 saturated heterocycles.